The molecule has 1 amide bonds. The van der Waals surface area contributed by atoms with E-state index >= 15 is 0 Å². The van der Waals surface area contributed by atoms with Gasteiger partial charge in [-0.2, -0.15) is 8.42 Å². The highest BCUT2D eigenvalue weighted by atomic mass is 32.2. The summed E-state index contributed by atoms with van der Waals surface area (Å²) in [6, 6.07) is 12.9. The molecule has 31 heavy (non-hydrogen) atoms. The third kappa shape index (κ3) is 5.98. The van der Waals surface area contributed by atoms with E-state index in [4.69, 9.17) is 13.7 Å². The lowest BCUT2D eigenvalue weighted by atomic mass is 10.1. The smallest absolute Gasteiger partial charge is 0.339 e. The standard InChI is InChI=1S/C23H29NO6S/c1-17(2)23(25)24(16-20-8-6-14-29-20)15-18-7-4-5-9-22(18)30-31(26,27)21-12-10-19(28-3)11-13-21/h4-5,7,9-13,17,20H,6,8,14-16H2,1-3H3/t20-/m0/s1. The Morgan fingerprint density at radius 2 is 1.87 bits per heavy atom. The van der Waals surface area contributed by atoms with Gasteiger partial charge in [0.25, 0.3) is 0 Å². The number of amides is 1. The topological polar surface area (TPSA) is 82.1 Å². The molecule has 1 aliphatic rings. The first kappa shape index (κ1) is 23.1. The van der Waals surface area contributed by atoms with Gasteiger partial charge in [-0.15, -0.1) is 0 Å². The van der Waals surface area contributed by atoms with E-state index in [1.54, 1.807) is 41.3 Å². The van der Waals surface area contributed by atoms with Gasteiger partial charge in [0.2, 0.25) is 5.91 Å². The molecule has 0 spiro atoms. The van der Waals surface area contributed by atoms with E-state index in [0.29, 0.717) is 24.5 Å². The molecule has 0 radical (unpaired) electrons. The molecule has 7 nitrogen and oxygen atoms in total. The first-order valence-corrected chi connectivity index (χ1v) is 11.8. The predicted molar refractivity (Wildman–Crippen MR) is 116 cm³/mol. The summed E-state index contributed by atoms with van der Waals surface area (Å²) in [6.07, 6.45) is 1.89. The van der Waals surface area contributed by atoms with Crippen molar-refractivity contribution in [2.75, 3.05) is 20.3 Å². The third-order valence-electron chi connectivity index (χ3n) is 5.13. The summed E-state index contributed by atoms with van der Waals surface area (Å²) in [7, 11) is -2.53. The van der Waals surface area contributed by atoms with Crippen LogP contribution in [0, 0.1) is 5.92 Å². The molecular formula is C23H29NO6S. The maximum atomic E-state index is 12.8. The van der Waals surface area contributed by atoms with Crippen molar-refractivity contribution in [3.05, 3.63) is 54.1 Å². The molecule has 1 aliphatic heterocycles. The summed E-state index contributed by atoms with van der Waals surface area (Å²) in [5.41, 5.74) is 0.617. The van der Waals surface area contributed by atoms with Crippen LogP contribution >= 0.6 is 0 Å². The number of hydrogen-bond donors (Lipinski definition) is 0. The summed E-state index contributed by atoms with van der Waals surface area (Å²) in [6.45, 7) is 5.11. The van der Waals surface area contributed by atoms with E-state index in [1.807, 2.05) is 13.8 Å². The second-order valence-corrected chi connectivity index (χ2v) is 9.38. The Morgan fingerprint density at radius 1 is 1.16 bits per heavy atom. The summed E-state index contributed by atoms with van der Waals surface area (Å²) >= 11 is 0. The van der Waals surface area contributed by atoms with Gasteiger partial charge >= 0.3 is 10.1 Å². The molecule has 3 rings (SSSR count). The molecular weight excluding hydrogens is 418 g/mol. The quantitative estimate of drug-likeness (QED) is 0.546. The fourth-order valence-electron chi connectivity index (χ4n) is 3.46. The van der Waals surface area contributed by atoms with Gasteiger partial charge in [-0.3, -0.25) is 4.79 Å². The number of benzene rings is 2. The van der Waals surface area contributed by atoms with Crippen molar-refractivity contribution < 1.29 is 26.9 Å². The highest BCUT2D eigenvalue weighted by molar-refractivity contribution is 7.87. The van der Waals surface area contributed by atoms with Gasteiger partial charge in [0.15, 0.2) is 0 Å². The van der Waals surface area contributed by atoms with Gasteiger partial charge in [0.1, 0.15) is 16.4 Å². The molecule has 1 heterocycles. The minimum atomic E-state index is -4.04. The van der Waals surface area contributed by atoms with Crippen molar-refractivity contribution in [3.8, 4) is 11.5 Å². The van der Waals surface area contributed by atoms with E-state index in [-0.39, 0.29) is 35.1 Å². The van der Waals surface area contributed by atoms with Crippen LogP contribution in [-0.2, 0) is 26.2 Å². The van der Waals surface area contributed by atoms with Crippen LogP contribution in [0.4, 0.5) is 0 Å². The van der Waals surface area contributed by atoms with Gasteiger partial charge in [-0.1, -0.05) is 32.0 Å². The molecule has 2 aromatic rings. The van der Waals surface area contributed by atoms with Crippen molar-refractivity contribution in [1.29, 1.82) is 0 Å². The Labute approximate surface area is 184 Å². The number of methoxy groups -OCH3 is 1. The molecule has 0 bridgehead atoms. The second kappa shape index (κ2) is 10.2. The molecule has 0 N–H and O–H groups in total. The largest absolute Gasteiger partial charge is 0.497 e. The summed E-state index contributed by atoms with van der Waals surface area (Å²) in [4.78, 5) is 14.6. The van der Waals surface area contributed by atoms with Gasteiger partial charge in [0.05, 0.1) is 13.2 Å². The lowest BCUT2D eigenvalue weighted by Crippen LogP contribution is -2.39. The zero-order valence-corrected chi connectivity index (χ0v) is 18.9. The summed E-state index contributed by atoms with van der Waals surface area (Å²) < 4.78 is 41.8. The Morgan fingerprint density at radius 3 is 2.48 bits per heavy atom. The van der Waals surface area contributed by atoms with Crippen LogP contribution in [0.1, 0.15) is 32.3 Å². The number of ether oxygens (including phenoxy) is 2. The van der Waals surface area contributed by atoms with E-state index < -0.39 is 10.1 Å². The van der Waals surface area contributed by atoms with Crippen LogP contribution in [0.3, 0.4) is 0 Å². The lowest BCUT2D eigenvalue weighted by molar-refractivity contribution is -0.136. The Balaban J connectivity index is 1.82. The Bertz CT molecular complexity index is 981. The number of carbonyl (C=O) groups excluding carboxylic acids is 1. The van der Waals surface area contributed by atoms with Gasteiger partial charge in [-0.25, -0.2) is 0 Å². The van der Waals surface area contributed by atoms with Crippen LogP contribution in [0.2, 0.25) is 0 Å². The van der Waals surface area contributed by atoms with Crippen LogP contribution in [0.5, 0.6) is 11.5 Å². The van der Waals surface area contributed by atoms with Crippen molar-refractivity contribution in [3.63, 3.8) is 0 Å². The summed E-state index contributed by atoms with van der Waals surface area (Å²) in [5.74, 6) is 0.560. The Kier molecular flexibility index (Phi) is 7.56. The predicted octanol–water partition coefficient (Wildman–Crippen LogP) is 3.63. The van der Waals surface area contributed by atoms with Crippen LogP contribution in [-0.4, -0.2) is 45.6 Å². The third-order valence-corrected chi connectivity index (χ3v) is 6.38. The maximum Gasteiger partial charge on any atom is 0.339 e. The fraction of sp³-hybridized carbons (Fsp3) is 0.435. The molecule has 0 aliphatic carbocycles. The molecule has 0 saturated carbocycles. The maximum absolute atomic E-state index is 12.8. The number of nitrogens with zero attached hydrogens (tertiary/aromatic N) is 1. The first-order chi connectivity index (χ1) is 14.8. The Hall–Kier alpha value is -2.58. The van der Waals surface area contributed by atoms with E-state index in [9.17, 15) is 13.2 Å². The van der Waals surface area contributed by atoms with Crippen LogP contribution < -0.4 is 8.92 Å². The van der Waals surface area contributed by atoms with Crippen molar-refractivity contribution in [1.82, 2.24) is 4.90 Å². The molecule has 2 aromatic carbocycles. The normalized spacial score (nSPS) is 16.3. The molecule has 1 atom stereocenters. The number of rotatable bonds is 9. The highest BCUT2D eigenvalue weighted by Crippen LogP contribution is 2.26. The van der Waals surface area contributed by atoms with Gasteiger partial charge in [0, 0.05) is 31.2 Å². The van der Waals surface area contributed by atoms with Crippen LogP contribution in [0.15, 0.2) is 53.4 Å². The minimum absolute atomic E-state index is 0.00110. The van der Waals surface area contributed by atoms with E-state index in [1.165, 1.54) is 19.2 Å². The lowest BCUT2D eigenvalue weighted by Gasteiger charge is -2.28. The minimum Gasteiger partial charge on any atom is -0.497 e. The fourth-order valence-corrected chi connectivity index (χ4v) is 4.43. The average Bonchev–Trinajstić information content (AvgIpc) is 3.27. The molecule has 1 saturated heterocycles. The highest BCUT2D eigenvalue weighted by Gasteiger charge is 2.26. The number of carbonyl (C=O) groups is 1. The zero-order valence-electron chi connectivity index (χ0n) is 18.1. The number of para-hydroxylation sites is 1. The molecule has 8 heteroatoms. The summed E-state index contributed by atoms with van der Waals surface area (Å²) in [5, 5.41) is 0. The van der Waals surface area contributed by atoms with Crippen LogP contribution in [0.25, 0.3) is 0 Å². The number of hydrogen-bond acceptors (Lipinski definition) is 6. The SMILES string of the molecule is COc1ccc(S(=O)(=O)Oc2ccccc2CN(C[C@@H]2CCCO2)C(=O)C(C)C)cc1. The molecule has 168 valence electrons. The van der Waals surface area contributed by atoms with E-state index in [2.05, 4.69) is 0 Å². The van der Waals surface area contributed by atoms with Crippen molar-refractivity contribution in [2.24, 2.45) is 5.92 Å². The van der Waals surface area contributed by atoms with Crippen molar-refractivity contribution >= 4 is 16.0 Å². The first-order valence-electron chi connectivity index (χ1n) is 10.4. The average molecular weight is 448 g/mol. The second-order valence-electron chi connectivity index (χ2n) is 7.83. The molecule has 1 fully saturated rings. The molecule has 0 aromatic heterocycles. The molecule has 0 unspecified atom stereocenters. The zero-order chi connectivity index (χ0) is 22.4. The monoisotopic (exact) mass is 447 g/mol. The van der Waals surface area contributed by atoms with Gasteiger partial charge < -0.3 is 18.6 Å². The van der Waals surface area contributed by atoms with Gasteiger partial charge in [-0.05, 0) is 43.2 Å². The van der Waals surface area contributed by atoms with Crippen molar-refractivity contribution in [2.45, 2.75) is 44.2 Å². The van der Waals surface area contributed by atoms with E-state index in [0.717, 1.165) is 12.8 Å².